The molecule has 2 aliphatic rings. The molecule has 1 aromatic rings. The summed E-state index contributed by atoms with van der Waals surface area (Å²) >= 11 is 0. The number of hydrazine groups is 1. The Balaban J connectivity index is 1.32. The molecular weight excluding hydrogens is 298 g/mol. The molecule has 4 heteroatoms. The molecule has 4 nitrogen and oxygen atoms in total. The average Bonchev–Trinajstić information content (AvgIpc) is 3.14. The van der Waals surface area contributed by atoms with Crippen LogP contribution in [0, 0.1) is 18.8 Å². The van der Waals surface area contributed by atoms with Crippen molar-refractivity contribution in [2.75, 3.05) is 6.54 Å². The van der Waals surface area contributed by atoms with Crippen LogP contribution in [0.25, 0.3) is 0 Å². The van der Waals surface area contributed by atoms with E-state index in [-0.39, 0.29) is 11.8 Å². The zero-order chi connectivity index (χ0) is 16.8. The summed E-state index contributed by atoms with van der Waals surface area (Å²) in [5.41, 5.74) is 8.89. The number of aromatic nitrogens is 1. The lowest BCUT2D eigenvalue weighted by Crippen LogP contribution is -2.41. The molecule has 0 atom stereocenters. The highest BCUT2D eigenvalue weighted by Gasteiger charge is 2.24. The lowest BCUT2D eigenvalue weighted by atomic mass is 9.77. The quantitative estimate of drug-likeness (QED) is 0.615. The van der Waals surface area contributed by atoms with Gasteiger partial charge in [-0.05, 0) is 80.9 Å². The molecule has 1 amide bonds. The van der Waals surface area contributed by atoms with Crippen LogP contribution in [0.1, 0.15) is 74.8 Å². The summed E-state index contributed by atoms with van der Waals surface area (Å²) in [6.45, 7) is 3.06. The van der Waals surface area contributed by atoms with Crippen molar-refractivity contribution in [2.45, 2.75) is 70.6 Å². The van der Waals surface area contributed by atoms with Crippen LogP contribution in [-0.2, 0) is 4.79 Å². The van der Waals surface area contributed by atoms with Crippen LogP contribution in [0.4, 0.5) is 0 Å². The number of hydrogen-bond donors (Lipinski definition) is 2. The van der Waals surface area contributed by atoms with Gasteiger partial charge in [-0.25, -0.2) is 5.43 Å². The van der Waals surface area contributed by atoms with Gasteiger partial charge in [-0.15, -0.1) is 0 Å². The molecule has 0 unspecified atom stereocenters. The van der Waals surface area contributed by atoms with Gasteiger partial charge in [0, 0.05) is 24.9 Å². The minimum Gasteiger partial charge on any atom is -0.291 e. The molecule has 2 N–H and O–H groups in total. The van der Waals surface area contributed by atoms with Crippen LogP contribution in [0.2, 0.25) is 0 Å². The van der Waals surface area contributed by atoms with E-state index in [0.29, 0.717) is 5.92 Å². The molecular formula is C20H31N3O. The van der Waals surface area contributed by atoms with Crippen LogP contribution in [-0.4, -0.2) is 17.4 Å². The molecule has 24 heavy (non-hydrogen) atoms. The number of carbonyl (C=O) groups is 1. The first kappa shape index (κ1) is 17.4. The standard InChI is InChI=1S/C20H31N3O/c1-15-14-21-12-11-19(15)17-8-6-16(7-9-17)10-13-22-23-20(24)18-4-2-3-5-18/h11-12,14,16-18,22H,2-10,13H2,1H3,(H,23,24). The van der Waals surface area contributed by atoms with Gasteiger partial charge < -0.3 is 0 Å². The highest BCUT2D eigenvalue weighted by Crippen LogP contribution is 2.37. The van der Waals surface area contributed by atoms with E-state index in [1.165, 1.54) is 49.7 Å². The lowest BCUT2D eigenvalue weighted by molar-refractivity contribution is -0.125. The summed E-state index contributed by atoms with van der Waals surface area (Å²) < 4.78 is 0. The molecule has 2 aliphatic carbocycles. The minimum atomic E-state index is 0.198. The summed E-state index contributed by atoms with van der Waals surface area (Å²) in [7, 11) is 0. The van der Waals surface area contributed by atoms with E-state index in [0.717, 1.165) is 31.7 Å². The fourth-order valence-electron chi connectivity index (χ4n) is 4.42. The van der Waals surface area contributed by atoms with Gasteiger partial charge in [-0.2, -0.15) is 0 Å². The first-order valence-electron chi connectivity index (χ1n) is 9.67. The lowest BCUT2D eigenvalue weighted by Gasteiger charge is -2.29. The van der Waals surface area contributed by atoms with Crippen molar-refractivity contribution in [1.82, 2.24) is 15.8 Å². The largest absolute Gasteiger partial charge is 0.291 e. The summed E-state index contributed by atoms with van der Waals surface area (Å²) in [6, 6.07) is 2.19. The Morgan fingerprint density at radius 2 is 1.92 bits per heavy atom. The minimum absolute atomic E-state index is 0.198. The number of rotatable bonds is 6. The fourth-order valence-corrected chi connectivity index (χ4v) is 4.42. The Morgan fingerprint density at radius 3 is 2.62 bits per heavy atom. The number of nitrogens with one attached hydrogen (secondary N) is 2. The third kappa shape index (κ3) is 4.56. The molecule has 2 fully saturated rings. The fraction of sp³-hybridized carbons (Fsp3) is 0.700. The van der Waals surface area contributed by atoms with E-state index >= 15 is 0 Å². The van der Waals surface area contributed by atoms with Gasteiger partial charge >= 0.3 is 0 Å². The second-order valence-electron chi connectivity index (χ2n) is 7.64. The van der Waals surface area contributed by atoms with Crippen molar-refractivity contribution < 1.29 is 4.79 Å². The Hall–Kier alpha value is -1.42. The third-order valence-electron chi connectivity index (χ3n) is 5.97. The molecule has 0 spiro atoms. The molecule has 3 rings (SSSR count). The highest BCUT2D eigenvalue weighted by atomic mass is 16.2. The number of amides is 1. The molecule has 0 saturated heterocycles. The summed E-state index contributed by atoms with van der Waals surface area (Å²) in [5, 5.41) is 0. The van der Waals surface area contributed by atoms with Crippen molar-refractivity contribution in [3.05, 3.63) is 29.6 Å². The van der Waals surface area contributed by atoms with E-state index in [1.54, 1.807) is 0 Å². The summed E-state index contributed by atoms with van der Waals surface area (Å²) in [5.74, 6) is 1.94. The van der Waals surface area contributed by atoms with Crippen molar-refractivity contribution >= 4 is 5.91 Å². The first-order valence-corrected chi connectivity index (χ1v) is 9.67. The van der Waals surface area contributed by atoms with Gasteiger partial charge in [0.1, 0.15) is 0 Å². The Morgan fingerprint density at radius 1 is 1.17 bits per heavy atom. The van der Waals surface area contributed by atoms with E-state index < -0.39 is 0 Å². The zero-order valence-corrected chi connectivity index (χ0v) is 14.9. The van der Waals surface area contributed by atoms with E-state index in [4.69, 9.17) is 0 Å². The molecule has 2 saturated carbocycles. The van der Waals surface area contributed by atoms with Gasteiger partial charge in [-0.1, -0.05) is 12.8 Å². The molecule has 1 heterocycles. The first-order chi connectivity index (χ1) is 11.7. The maximum absolute atomic E-state index is 11.9. The highest BCUT2D eigenvalue weighted by molar-refractivity contribution is 5.78. The number of pyridine rings is 1. The number of hydrogen-bond acceptors (Lipinski definition) is 3. The van der Waals surface area contributed by atoms with Gasteiger partial charge in [0.05, 0.1) is 0 Å². The van der Waals surface area contributed by atoms with E-state index in [2.05, 4.69) is 28.8 Å². The average molecular weight is 329 g/mol. The SMILES string of the molecule is Cc1cnccc1C1CCC(CCNNC(=O)C2CCCC2)CC1. The Labute approximate surface area is 145 Å². The van der Waals surface area contributed by atoms with Gasteiger partial charge in [0.15, 0.2) is 0 Å². The van der Waals surface area contributed by atoms with Crippen LogP contribution >= 0.6 is 0 Å². The van der Waals surface area contributed by atoms with Gasteiger partial charge in [-0.3, -0.25) is 15.2 Å². The van der Waals surface area contributed by atoms with Crippen LogP contribution in [0.3, 0.4) is 0 Å². The summed E-state index contributed by atoms with van der Waals surface area (Å²) in [4.78, 5) is 16.2. The van der Waals surface area contributed by atoms with E-state index in [9.17, 15) is 4.79 Å². The van der Waals surface area contributed by atoms with Crippen molar-refractivity contribution in [1.29, 1.82) is 0 Å². The Bertz CT molecular complexity index is 531. The van der Waals surface area contributed by atoms with Crippen molar-refractivity contribution in [2.24, 2.45) is 11.8 Å². The van der Waals surface area contributed by atoms with E-state index in [1.807, 2.05) is 12.4 Å². The van der Waals surface area contributed by atoms with Crippen LogP contribution in [0.5, 0.6) is 0 Å². The zero-order valence-electron chi connectivity index (χ0n) is 14.9. The van der Waals surface area contributed by atoms with Crippen LogP contribution < -0.4 is 10.9 Å². The van der Waals surface area contributed by atoms with Gasteiger partial charge in [0.2, 0.25) is 5.91 Å². The molecule has 0 radical (unpaired) electrons. The second-order valence-corrected chi connectivity index (χ2v) is 7.64. The molecule has 0 aromatic carbocycles. The molecule has 132 valence electrons. The maximum Gasteiger partial charge on any atom is 0.237 e. The molecule has 0 bridgehead atoms. The number of carbonyl (C=O) groups excluding carboxylic acids is 1. The number of aryl methyl sites for hydroxylation is 1. The Kier molecular flexibility index (Phi) is 6.24. The monoisotopic (exact) mass is 329 g/mol. The second kappa shape index (κ2) is 8.61. The predicted molar refractivity (Wildman–Crippen MR) is 96.4 cm³/mol. The van der Waals surface area contributed by atoms with Crippen molar-refractivity contribution in [3.63, 3.8) is 0 Å². The normalized spacial score (nSPS) is 24.9. The smallest absolute Gasteiger partial charge is 0.237 e. The van der Waals surface area contributed by atoms with Crippen LogP contribution in [0.15, 0.2) is 18.5 Å². The number of nitrogens with zero attached hydrogens (tertiary/aromatic N) is 1. The molecule has 1 aromatic heterocycles. The van der Waals surface area contributed by atoms with Crippen molar-refractivity contribution in [3.8, 4) is 0 Å². The van der Waals surface area contributed by atoms with Gasteiger partial charge in [0.25, 0.3) is 0 Å². The topological polar surface area (TPSA) is 54.0 Å². The maximum atomic E-state index is 11.9. The summed E-state index contributed by atoms with van der Waals surface area (Å²) in [6.07, 6.45) is 14.8. The predicted octanol–water partition coefficient (Wildman–Crippen LogP) is 3.86. The third-order valence-corrected chi connectivity index (χ3v) is 5.97. The molecule has 0 aliphatic heterocycles.